The maximum atomic E-state index is 8.88. The topological polar surface area (TPSA) is 57.9 Å². The van der Waals surface area contributed by atoms with E-state index in [2.05, 4.69) is 16.4 Å². The second-order valence-corrected chi connectivity index (χ2v) is 3.96. The molecule has 1 aromatic rings. The van der Waals surface area contributed by atoms with E-state index in [1.807, 2.05) is 0 Å². The lowest BCUT2D eigenvalue weighted by Gasteiger charge is -2.09. The van der Waals surface area contributed by atoms with Gasteiger partial charge in [0.25, 0.3) is 0 Å². The molecule has 84 valence electrons. The van der Waals surface area contributed by atoms with Gasteiger partial charge in [-0.1, -0.05) is 0 Å². The highest BCUT2D eigenvalue weighted by molar-refractivity contribution is 5.50. The van der Waals surface area contributed by atoms with Crippen molar-refractivity contribution in [3.8, 4) is 6.07 Å². The van der Waals surface area contributed by atoms with E-state index in [0.29, 0.717) is 17.3 Å². The molecule has 1 fully saturated rings. The van der Waals surface area contributed by atoms with Crippen molar-refractivity contribution in [2.75, 3.05) is 25.1 Å². The monoisotopic (exact) mass is 217 g/mol. The van der Waals surface area contributed by atoms with Crippen molar-refractivity contribution in [3.63, 3.8) is 0 Å². The molecule has 0 radical (unpaired) electrons. The molecule has 1 aliphatic rings. The fourth-order valence-electron chi connectivity index (χ4n) is 1.84. The van der Waals surface area contributed by atoms with Gasteiger partial charge in [-0.3, -0.25) is 0 Å². The van der Waals surface area contributed by atoms with E-state index in [0.717, 1.165) is 32.6 Å². The minimum Gasteiger partial charge on any atom is -0.381 e. The Hall–Kier alpha value is -1.60. The van der Waals surface area contributed by atoms with Gasteiger partial charge in [0.05, 0.1) is 5.56 Å². The minimum absolute atomic E-state index is 0.602. The second-order valence-electron chi connectivity index (χ2n) is 3.96. The van der Waals surface area contributed by atoms with E-state index in [9.17, 15) is 0 Å². The third kappa shape index (κ3) is 2.71. The SMILES string of the molecule is N#Cc1cccnc1NCCC1CCOC1. The summed E-state index contributed by atoms with van der Waals surface area (Å²) in [6.07, 6.45) is 3.91. The number of ether oxygens (including phenoxy) is 1. The maximum absolute atomic E-state index is 8.88. The van der Waals surface area contributed by atoms with Crippen LogP contribution in [0.3, 0.4) is 0 Å². The number of anilines is 1. The maximum Gasteiger partial charge on any atom is 0.143 e. The quantitative estimate of drug-likeness (QED) is 0.835. The van der Waals surface area contributed by atoms with Gasteiger partial charge in [0.15, 0.2) is 0 Å². The number of pyridine rings is 1. The molecule has 0 saturated carbocycles. The highest BCUT2D eigenvalue weighted by atomic mass is 16.5. The van der Waals surface area contributed by atoms with E-state index in [-0.39, 0.29) is 0 Å². The largest absolute Gasteiger partial charge is 0.381 e. The summed E-state index contributed by atoms with van der Waals surface area (Å²) >= 11 is 0. The fraction of sp³-hybridized carbons (Fsp3) is 0.500. The van der Waals surface area contributed by atoms with Gasteiger partial charge >= 0.3 is 0 Å². The Bertz CT molecular complexity index is 380. The molecule has 4 nitrogen and oxygen atoms in total. The Kier molecular flexibility index (Phi) is 3.73. The van der Waals surface area contributed by atoms with Crippen LogP contribution in [0.5, 0.6) is 0 Å². The Morgan fingerprint density at radius 1 is 1.62 bits per heavy atom. The van der Waals surface area contributed by atoms with Gasteiger partial charge in [0.2, 0.25) is 0 Å². The first-order valence-corrected chi connectivity index (χ1v) is 5.57. The first-order chi connectivity index (χ1) is 7.90. The average Bonchev–Trinajstić information content (AvgIpc) is 2.83. The molecule has 1 unspecified atom stereocenters. The molecule has 0 bridgehead atoms. The zero-order valence-electron chi connectivity index (χ0n) is 9.15. The van der Waals surface area contributed by atoms with Crippen LogP contribution in [-0.2, 0) is 4.74 Å². The van der Waals surface area contributed by atoms with Gasteiger partial charge in [-0.15, -0.1) is 0 Å². The zero-order chi connectivity index (χ0) is 11.2. The van der Waals surface area contributed by atoms with Crippen LogP contribution in [0, 0.1) is 17.2 Å². The number of nitrogens with zero attached hydrogens (tertiary/aromatic N) is 2. The normalized spacial score (nSPS) is 19.3. The van der Waals surface area contributed by atoms with Crippen LogP contribution in [0.4, 0.5) is 5.82 Å². The van der Waals surface area contributed by atoms with E-state index in [1.54, 1.807) is 18.3 Å². The van der Waals surface area contributed by atoms with Crippen molar-refractivity contribution in [2.45, 2.75) is 12.8 Å². The van der Waals surface area contributed by atoms with Gasteiger partial charge in [-0.05, 0) is 30.9 Å². The van der Waals surface area contributed by atoms with Gasteiger partial charge in [0.1, 0.15) is 11.9 Å². The van der Waals surface area contributed by atoms with Crippen LogP contribution in [0.2, 0.25) is 0 Å². The Balaban J connectivity index is 1.82. The predicted molar refractivity (Wildman–Crippen MR) is 61.0 cm³/mol. The van der Waals surface area contributed by atoms with Crippen molar-refractivity contribution < 1.29 is 4.74 Å². The van der Waals surface area contributed by atoms with Gasteiger partial charge in [-0.25, -0.2) is 4.98 Å². The molecule has 2 heterocycles. The summed E-state index contributed by atoms with van der Waals surface area (Å²) in [5.74, 6) is 1.34. The highest BCUT2D eigenvalue weighted by Gasteiger charge is 2.14. The molecule has 2 rings (SSSR count). The molecule has 16 heavy (non-hydrogen) atoms. The lowest BCUT2D eigenvalue weighted by molar-refractivity contribution is 0.185. The molecule has 1 aliphatic heterocycles. The highest BCUT2D eigenvalue weighted by Crippen LogP contribution is 2.17. The lowest BCUT2D eigenvalue weighted by atomic mass is 10.1. The van der Waals surface area contributed by atoms with Crippen molar-refractivity contribution in [1.29, 1.82) is 5.26 Å². The number of rotatable bonds is 4. The van der Waals surface area contributed by atoms with E-state index < -0.39 is 0 Å². The first-order valence-electron chi connectivity index (χ1n) is 5.57. The summed E-state index contributed by atoms with van der Waals surface area (Å²) in [7, 11) is 0. The van der Waals surface area contributed by atoms with Crippen LogP contribution in [0.15, 0.2) is 18.3 Å². The molecular formula is C12H15N3O. The third-order valence-electron chi connectivity index (χ3n) is 2.80. The fourth-order valence-corrected chi connectivity index (χ4v) is 1.84. The summed E-state index contributed by atoms with van der Waals surface area (Å²) in [5, 5.41) is 12.1. The van der Waals surface area contributed by atoms with E-state index in [1.165, 1.54) is 0 Å². The van der Waals surface area contributed by atoms with Crippen LogP contribution in [0.1, 0.15) is 18.4 Å². The number of hydrogen-bond donors (Lipinski definition) is 1. The molecule has 0 aromatic carbocycles. The summed E-state index contributed by atoms with van der Waals surface area (Å²) in [6, 6.07) is 5.67. The average molecular weight is 217 g/mol. The Morgan fingerprint density at radius 2 is 2.56 bits per heavy atom. The van der Waals surface area contributed by atoms with Crippen molar-refractivity contribution in [2.24, 2.45) is 5.92 Å². The molecular weight excluding hydrogens is 202 g/mol. The second kappa shape index (κ2) is 5.47. The van der Waals surface area contributed by atoms with Gasteiger partial charge in [0, 0.05) is 26.0 Å². The number of nitriles is 1. The third-order valence-corrected chi connectivity index (χ3v) is 2.80. The molecule has 4 heteroatoms. The minimum atomic E-state index is 0.602. The summed E-state index contributed by atoms with van der Waals surface area (Å²) in [4.78, 5) is 4.15. The Morgan fingerprint density at radius 3 is 3.31 bits per heavy atom. The number of aromatic nitrogens is 1. The predicted octanol–water partition coefficient (Wildman–Crippen LogP) is 1.79. The smallest absolute Gasteiger partial charge is 0.143 e. The number of hydrogen-bond acceptors (Lipinski definition) is 4. The molecule has 0 aliphatic carbocycles. The molecule has 1 aromatic heterocycles. The van der Waals surface area contributed by atoms with Gasteiger partial charge in [-0.2, -0.15) is 5.26 Å². The van der Waals surface area contributed by atoms with Crippen LogP contribution in [-0.4, -0.2) is 24.7 Å². The summed E-state index contributed by atoms with van der Waals surface area (Å²) < 4.78 is 5.31. The molecule has 1 saturated heterocycles. The number of nitrogens with one attached hydrogen (secondary N) is 1. The Labute approximate surface area is 95.3 Å². The van der Waals surface area contributed by atoms with Crippen LogP contribution in [0.25, 0.3) is 0 Å². The van der Waals surface area contributed by atoms with Crippen molar-refractivity contribution in [3.05, 3.63) is 23.9 Å². The summed E-state index contributed by atoms with van der Waals surface area (Å²) in [5.41, 5.74) is 0.602. The van der Waals surface area contributed by atoms with Crippen molar-refractivity contribution in [1.82, 2.24) is 4.98 Å². The van der Waals surface area contributed by atoms with Gasteiger partial charge < -0.3 is 10.1 Å². The first kappa shape index (κ1) is 10.9. The standard InChI is InChI=1S/C12H15N3O/c13-8-11-2-1-5-14-12(11)15-6-3-10-4-7-16-9-10/h1-2,5,10H,3-4,6-7,9H2,(H,14,15). The summed E-state index contributed by atoms with van der Waals surface area (Å²) in [6.45, 7) is 2.60. The van der Waals surface area contributed by atoms with Crippen molar-refractivity contribution >= 4 is 5.82 Å². The molecule has 1 atom stereocenters. The van der Waals surface area contributed by atoms with E-state index in [4.69, 9.17) is 10.00 Å². The molecule has 0 amide bonds. The lowest BCUT2D eigenvalue weighted by Crippen LogP contribution is -2.10. The van der Waals surface area contributed by atoms with E-state index >= 15 is 0 Å². The van der Waals surface area contributed by atoms with Crippen LogP contribution < -0.4 is 5.32 Å². The molecule has 1 N–H and O–H groups in total. The van der Waals surface area contributed by atoms with Crippen LogP contribution >= 0.6 is 0 Å². The molecule has 0 spiro atoms. The zero-order valence-corrected chi connectivity index (χ0v) is 9.15.